The maximum atomic E-state index is 12.6. The third-order valence-electron chi connectivity index (χ3n) is 4.04. The van der Waals surface area contributed by atoms with Gasteiger partial charge in [0.25, 0.3) is 5.91 Å². The van der Waals surface area contributed by atoms with Gasteiger partial charge in [0, 0.05) is 12.6 Å². The lowest BCUT2D eigenvalue weighted by Crippen LogP contribution is -2.47. The van der Waals surface area contributed by atoms with Gasteiger partial charge in [-0.1, -0.05) is 37.5 Å². The molecule has 0 saturated heterocycles. The van der Waals surface area contributed by atoms with Crippen LogP contribution >= 0.6 is 0 Å². The van der Waals surface area contributed by atoms with Crippen LogP contribution in [0, 0.1) is 0 Å². The molecule has 1 aromatic carbocycles. The van der Waals surface area contributed by atoms with Gasteiger partial charge in [0.05, 0.1) is 0 Å². The van der Waals surface area contributed by atoms with E-state index < -0.39 is 6.10 Å². The number of ether oxygens (including phenoxy) is 1. The fourth-order valence-electron chi connectivity index (χ4n) is 2.97. The molecule has 0 heterocycles. The van der Waals surface area contributed by atoms with Crippen LogP contribution in [0.15, 0.2) is 30.3 Å². The molecule has 1 saturated carbocycles. The average molecular weight is 275 g/mol. The van der Waals surface area contributed by atoms with Gasteiger partial charge in [0.2, 0.25) is 0 Å². The van der Waals surface area contributed by atoms with E-state index in [9.17, 15) is 4.79 Å². The maximum absolute atomic E-state index is 12.6. The monoisotopic (exact) mass is 275 g/mol. The number of carbonyl (C=O) groups excluding carboxylic acids is 1. The number of nitrogens with zero attached hydrogens (tertiary/aromatic N) is 1. The molecule has 1 aliphatic carbocycles. The molecule has 0 radical (unpaired) electrons. The SMILES string of the molecule is CCN(C(=O)C(C)Oc1ccccc1)C1CCCCC1. The van der Waals surface area contributed by atoms with E-state index in [2.05, 4.69) is 6.92 Å². The summed E-state index contributed by atoms with van der Waals surface area (Å²) in [6.45, 7) is 4.68. The number of carbonyl (C=O) groups is 1. The Bertz CT molecular complexity index is 412. The van der Waals surface area contributed by atoms with Crippen LogP contribution in [0.1, 0.15) is 46.0 Å². The van der Waals surface area contributed by atoms with Crippen molar-refractivity contribution < 1.29 is 9.53 Å². The highest BCUT2D eigenvalue weighted by molar-refractivity contribution is 5.81. The second-order valence-electron chi connectivity index (χ2n) is 5.49. The van der Waals surface area contributed by atoms with Crippen LogP contribution in [0.4, 0.5) is 0 Å². The third-order valence-corrected chi connectivity index (χ3v) is 4.04. The van der Waals surface area contributed by atoms with E-state index in [4.69, 9.17) is 4.74 Å². The van der Waals surface area contributed by atoms with E-state index in [1.807, 2.05) is 42.2 Å². The fourth-order valence-corrected chi connectivity index (χ4v) is 2.97. The number of rotatable bonds is 5. The Morgan fingerprint density at radius 1 is 1.25 bits per heavy atom. The van der Waals surface area contributed by atoms with Gasteiger partial charge in [-0.15, -0.1) is 0 Å². The molecule has 1 amide bonds. The van der Waals surface area contributed by atoms with Crippen LogP contribution in [0.5, 0.6) is 5.75 Å². The molecule has 3 heteroatoms. The molecule has 2 rings (SSSR count). The van der Waals surface area contributed by atoms with Gasteiger partial charge in [-0.25, -0.2) is 0 Å². The van der Waals surface area contributed by atoms with Crippen LogP contribution in [0.3, 0.4) is 0 Å². The van der Waals surface area contributed by atoms with E-state index in [1.54, 1.807) is 0 Å². The van der Waals surface area contributed by atoms with Gasteiger partial charge in [0.15, 0.2) is 6.10 Å². The van der Waals surface area contributed by atoms with Gasteiger partial charge in [-0.3, -0.25) is 4.79 Å². The topological polar surface area (TPSA) is 29.5 Å². The summed E-state index contributed by atoms with van der Waals surface area (Å²) in [4.78, 5) is 14.6. The molecule has 1 aliphatic rings. The molecule has 0 aliphatic heterocycles. The lowest BCUT2D eigenvalue weighted by Gasteiger charge is -2.35. The smallest absolute Gasteiger partial charge is 0.263 e. The van der Waals surface area contributed by atoms with E-state index in [0.29, 0.717) is 6.04 Å². The first kappa shape index (κ1) is 14.9. The largest absolute Gasteiger partial charge is 0.481 e. The van der Waals surface area contributed by atoms with E-state index in [-0.39, 0.29) is 5.91 Å². The van der Waals surface area contributed by atoms with Crippen molar-refractivity contribution >= 4 is 5.91 Å². The molecule has 1 atom stereocenters. The second-order valence-corrected chi connectivity index (χ2v) is 5.49. The van der Waals surface area contributed by atoms with E-state index in [0.717, 1.165) is 25.1 Å². The van der Waals surface area contributed by atoms with Crippen molar-refractivity contribution in [2.45, 2.75) is 58.1 Å². The van der Waals surface area contributed by atoms with Crippen molar-refractivity contribution in [3.05, 3.63) is 30.3 Å². The highest BCUT2D eigenvalue weighted by Crippen LogP contribution is 2.23. The normalized spacial score (nSPS) is 17.5. The molecule has 20 heavy (non-hydrogen) atoms. The number of hydrogen-bond donors (Lipinski definition) is 0. The van der Waals surface area contributed by atoms with Crippen molar-refractivity contribution in [3.63, 3.8) is 0 Å². The van der Waals surface area contributed by atoms with Gasteiger partial charge >= 0.3 is 0 Å². The van der Waals surface area contributed by atoms with Crippen LogP contribution < -0.4 is 4.74 Å². The third kappa shape index (κ3) is 3.75. The summed E-state index contributed by atoms with van der Waals surface area (Å²) < 4.78 is 5.76. The zero-order valence-electron chi connectivity index (χ0n) is 12.5. The summed E-state index contributed by atoms with van der Waals surface area (Å²) in [5.74, 6) is 0.872. The summed E-state index contributed by atoms with van der Waals surface area (Å²) in [5, 5.41) is 0. The zero-order chi connectivity index (χ0) is 14.4. The quantitative estimate of drug-likeness (QED) is 0.821. The first-order chi connectivity index (χ1) is 9.72. The first-order valence-corrected chi connectivity index (χ1v) is 7.74. The predicted octanol–water partition coefficient (Wildman–Crippen LogP) is 3.64. The van der Waals surface area contributed by atoms with Gasteiger partial charge in [0.1, 0.15) is 5.75 Å². The fraction of sp³-hybridized carbons (Fsp3) is 0.588. The molecule has 1 aromatic rings. The molecular formula is C17H25NO2. The molecule has 0 spiro atoms. The lowest BCUT2D eigenvalue weighted by molar-refractivity contribution is -0.140. The molecule has 1 fully saturated rings. The highest BCUT2D eigenvalue weighted by atomic mass is 16.5. The average Bonchev–Trinajstić information content (AvgIpc) is 2.50. The van der Waals surface area contributed by atoms with Gasteiger partial charge < -0.3 is 9.64 Å². The number of amides is 1. The summed E-state index contributed by atoms with van der Waals surface area (Å²) in [6.07, 6.45) is 5.64. The summed E-state index contributed by atoms with van der Waals surface area (Å²) >= 11 is 0. The lowest BCUT2D eigenvalue weighted by atomic mass is 9.94. The van der Waals surface area contributed by atoms with Gasteiger partial charge in [-0.05, 0) is 38.8 Å². The Morgan fingerprint density at radius 2 is 1.90 bits per heavy atom. The molecule has 1 unspecified atom stereocenters. The van der Waals surface area contributed by atoms with Crippen molar-refractivity contribution in [1.29, 1.82) is 0 Å². The number of benzene rings is 1. The molecule has 110 valence electrons. The molecule has 0 aromatic heterocycles. The van der Waals surface area contributed by atoms with Crippen LogP contribution in [-0.2, 0) is 4.79 Å². The van der Waals surface area contributed by atoms with Crippen LogP contribution in [-0.4, -0.2) is 29.5 Å². The Morgan fingerprint density at radius 3 is 2.50 bits per heavy atom. The Hall–Kier alpha value is -1.51. The highest BCUT2D eigenvalue weighted by Gasteiger charge is 2.28. The zero-order valence-corrected chi connectivity index (χ0v) is 12.5. The summed E-state index contributed by atoms with van der Waals surface area (Å²) in [6, 6.07) is 9.97. The predicted molar refractivity (Wildman–Crippen MR) is 80.8 cm³/mol. The molecule has 3 nitrogen and oxygen atoms in total. The Kier molecular flexibility index (Phi) is 5.45. The van der Waals surface area contributed by atoms with Crippen molar-refractivity contribution in [1.82, 2.24) is 4.90 Å². The van der Waals surface area contributed by atoms with Crippen molar-refractivity contribution in [2.24, 2.45) is 0 Å². The number of likely N-dealkylation sites (N-methyl/N-ethyl adjacent to an activating group) is 1. The Labute approximate surface area is 121 Å². The minimum absolute atomic E-state index is 0.114. The van der Waals surface area contributed by atoms with E-state index in [1.165, 1.54) is 19.3 Å². The summed E-state index contributed by atoms with van der Waals surface area (Å²) in [5.41, 5.74) is 0. The summed E-state index contributed by atoms with van der Waals surface area (Å²) in [7, 11) is 0. The number of para-hydroxylation sites is 1. The van der Waals surface area contributed by atoms with Crippen molar-refractivity contribution in [2.75, 3.05) is 6.54 Å². The number of hydrogen-bond acceptors (Lipinski definition) is 2. The molecular weight excluding hydrogens is 250 g/mol. The van der Waals surface area contributed by atoms with Crippen LogP contribution in [0.2, 0.25) is 0 Å². The van der Waals surface area contributed by atoms with E-state index >= 15 is 0 Å². The second kappa shape index (κ2) is 7.32. The minimum atomic E-state index is -0.417. The van der Waals surface area contributed by atoms with Gasteiger partial charge in [-0.2, -0.15) is 0 Å². The Balaban J connectivity index is 1.96. The molecule has 0 N–H and O–H groups in total. The van der Waals surface area contributed by atoms with Crippen molar-refractivity contribution in [3.8, 4) is 5.75 Å². The molecule has 0 bridgehead atoms. The minimum Gasteiger partial charge on any atom is -0.481 e. The standard InChI is InChI=1S/C17H25NO2/c1-3-18(15-10-6-4-7-11-15)17(19)14(2)20-16-12-8-5-9-13-16/h5,8-9,12-15H,3-4,6-7,10-11H2,1-2H3. The maximum Gasteiger partial charge on any atom is 0.263 e. The first-order valence-electron chi connectivity index (χ1n) is 7.74. The van der Waals surface area contributed by atoms with Crippen LogP contribution in [0.25, 0.3) is 0 Å².